The third kappa shape index (κ3) is 5.33. The monoisotopic (exact) mass is 358 g/mol. The lowest BCUT2D eigenvalue weighted by Gasteiger charge is -2.23. The first-order chi connectivity index (χ1) is 12.0. The summed E-state index contributed by atoms with van der Waals surface area (Å²) >= 11 is 6.12. The van der Waals surface area contributed by atoms with E-state index in [4.69, 9.17) is 11.6 Å². The molecule has 0 fully saturated rings. The Hall–Kier alpha value is -2.33. The van der Waals surface area contributed by atoms with Gasteiger partial charge >= 0.3 is 0 Å². The molecule has 2 aromatic carbocycles. The maximum Gasteiger partial charge on any atom is 0.251 e. The molecule has 4 nitrogen and oxygen atoms in total. The second-order valence-corrected chi connectivity index (χ2v) is 6.42. The molecule has 0 bridgehead atoms. The van der Waals surface area contributed by atoms with Crippen molar-refractivity contribution in [2.45, 2.75) is 32.9 Å². The van der Waals surface area contributed by atoms with Gasteiger partial charge in [0.2, 0.25) is 5.91 Å². The zero-order chi connectivity index (χ0) is 18.2. The second-order valence-electron chi connectivity index (χ2n) is 6.01. The Kier molecular flexibility index (Phi) is 7.02. The Morgan fingerprint density at radius 3 is 2.32 bits per heavy atom. The predicted octanol–water partition coefficient (Wildman–Crippen LogP) is 3.80. The first kappa shape index (κ1) is 19.0. The predicted molar refractivity (Wildman–Crippen MR) is 100 cm³/mol. The number of benzene rings is 2. The first-order valence-corrected chi connectivity index (χ1v) is 8.77. The Morgan fingerprint density at radius 2 is 1.68 bits per heavy atom. The minimum Gasteiger partial charge on any atom is -0.350 e. The average Bonchev–Trinajstić information content (AvgIpc) is 2.65. The van der Waals surface area contributed by atoms with Crippen molar-refractivity contribution in [1.29, 1.82) is 0 Å². The summed E-state index contributed by atoms with van der Waals surface area (Å²) < 4.78 is 0. The van der Waals surface area contributed by atoms with Crippen molar-refractivity contribution in [2.75, 3.05) is 0 Å². The molecular weight excluding hydrogens is 336 g/mol. The zero-order valence-corrected chi connectivity index (χ0v) is 15.2. The SMILES string of the molecule is CC[C@H](C)[C@H](NC(=O)c1ccccc1)C(=O)NCc1ccccc1Cl. The minimum absolute atomic E-state index is 0.0129. The molecular formula is C20H23ClN2O2. The van der Waals surface area contributed by atoms with Crippen molar-refractivity contribution in [3.05, 3.63) is 70.7 Å². The number of carbonyl (C=O) groups excluding carboxylic acids is 2. The number of rotatable bonds is 7. The molecule has 2 N–H and O–H groups in total. The van der Waals surface area contributed by atoms with Crippen LogP contribution in [0.3, 0.4) is 0 Å². The van der Waals surface area contributed by atoms with Crippen LogP contribution in [0.1, 0.15) is 36.2 Å². The molecule has 25 heavy (non-hydrogen) atoms. The van der Waals surface area contributed by atoms with Crippen LogP contribution in [-0.2, 0) is 11.3 Å². The van der Waals surface area contributed by atoms with Crippen molar-refractivity contribution >= 4 is 23.4 Å². The van der Waals surface area contributed by atoms with E-state index in [1.54, 1.807) is 30.3 Å². The average molecular weight is 359 g/mol. The maximum atomic E-state index is 12.6. The van der Waals surface area contributed by atoms with Gasteiger partial charge in [-0.05, 0) is 29.7 Å². The number of hydrogen-bond acceptors (Lipinski definition) is 2. The number of halogens is 1. The van der Waals surface area contributed by atoms with Gasteiger partial charge in [-0.15, -0.1) is 0 Å². The van der Waals surface area contributed by atoms with Gasteiger partial charge in [0.1, 0.15) is 6.04 Å². The van der Waals surface area contributed by atoms with E-state index in [-0.39, 0.29) is 17.7 Å². The lowest BCUT2D eigenvalue weighted by atomic mass is 9.97. The van der Waals surface area contributed by atoms with Gasteiger partial charge in [0.15, 0.2) is 0 Å². The molecule has 2 aromatic rings. The van der Waals surface area contributed by atoms with E-state index >= 15 is 0 Å². The summed E-state index contributed by atoms with van der Waals surface area (Å²) in [6.45, 7) is 4.27. The van der Waals surface area contributed by atoms with E-state index in [1.807, 2.05) is 38.1 Å². The molecule has 0 aliphatic heterocycles. The standard InChI is InChI=1S/C20H23ClN2O2/c1-3-14(2)18(23-19(24)15-9-5-4-6-10-15)20(25)22-13-16-11-7-8-12-17(16)21/h4-12,14,18H,3,13H2,1-2H3,(H,22,25)(H,23,24)/t14-,18-/m0/s1. The molecule has 0 heterocycles. The molecule has 0 aliphatic rings. The molecule has 0 spiro atoms. The van der Waals surface area contributed by atoms with Crippen LogP contribution >= 0.6 is 11.6 Å². The molecule has 0 unspecified atom stereocenters. The number of amides is 2. The molecule has 0 aliphatic carbocycles. The van der Waals surface area contributed by atoms with Gasteiger partial charge in [0.05, 0.1) is 0 Å². The first-order valence-electron chi connectivity index (χ1n) is 8.40. The van der Waals surface area contributed by atoms with Crippen molar-refractivity contribution in [3.63, 3.8) is 0 Å². The molecule has 0 radical (unpaired) electrons. The van der Waals surface area contributed by atoms with Gasteiger partial charge in [-0.2, -0.15) is 0 Å². The van der Waals surface area contributed by atoms with E-state index < -0.39 is 6.04 Å². The molecule has 2 atom stereocenters. The van der Waals surface area contributed by atoms with Crippen LogP contribution in [0.4, 0.5) is 0 Å². The summed E-state index contributed by atoms with van der Waals surface area (Å²) in [6.07, 6.45) is 0.777. The highest BCUT2D eigenvalue weighted by Gasteiger charge is 2.26. The summed E-state index contributed by atoms with van der Waals surface area (Å²) in [5.41, 5.74) is 1.38. The highest BCUT2D eigenvalue weighted by molar-refractivity contribution is 6.31. The van der Waals surface area contributed by atoms with Crippen molar-refractivity contribution in [3.8, 4) is 0 Å². The van der Waals surface area contributed by atoms with Gasteiger partial charge in [0, 0.05) is 17.1 Å². The smallest absolute Gasteiger partial charge is 0.251 e. The molecule has 0 saturated heterocycles. The van der Waals surface area contributed by atoms with Crippen LogP contribution in [0.25, 0.3) is 0 Å². The van der Waals surface area contributed by atoms with Gasteiger partial charge in [-0.3, -0.25) is 9.59 Å². The maximum absolute atomic E-state index is 12.6. The second kappa shape index (κ2) is 9.23. The summed E-state index contributed by atoms with van der Waals surface area (Å²) in [6, 6.07) is 15.7. The Balaban J connectivity index is 2.05. The van der Waals surface area contributed by atoms with Crippen LogP contribution in [0.15, 0.2) is 54.6 Å². The highest BCUT2D eigenvalue weighted by atomic mass is 35.5. The van der Waals surface area contributed by atoms with Crippen LogP contribution in [0, 0.1) is 5.92 Å². The molecule has 5 heteroatoms. The van der Waals surface area contributed by atoms with Gasteiger partial charge in [0.25, 0.3) is 5.91 Å². The number of carbonyl (C=O) groups is 2. The van der Waals surface area contributed by atoms with Crippen LogP contribution in [-0.4, -0.2) is 17.9 Å². The lowest BCUT2D eigenvalue weighted by molar-refractivity contribution is -0.124. The molecule has 0 aromatic heterocycles. The van der Waals surface area contributed by atoms with E-state index in [0.717, 1.165) is 12.0 Å². The van der Waals surface area contributed by atoms with Gasteiger partial charge in [-0.25, -0.2) is 0 Å². The quantitative estimate of drug-likeness (QED) is 0.790. The van der Waals surface area contributed by atoms with E-state index in [0.29, 0.717) is 17.1 Å². The molecule has 0 saturated carbocycles. The Morgan fingerprint density at radius 1 is 1.04 bits per heavy atom. The fraction of sp³-hybridized carbons (Fsp3) is 0.300. The van der Waals surface area contributed by atoms with Crippen LogP contribution in [0.5, 0.6) is 0 Å². The summed E-state index contributed by atoms with van der Waals surface area (Å²) in [7, 11) is 0. The topological polar surface area (TPSA) is 58.2 Å². The highest BCUT2D eigenvalue weighted by Crippen LogP contribution is 2.15. The normalized spacial score (nSPS) is 12.9. The molecule has 2 rings (SSSR count). The summed E-state index contributed by atoms with van der Waals surface area (Å²) in [5, 5.41) is 6.33. The van der Waals surface area contributed by atoms with E-state index in [2.05, 4.69) is 10.6 Å². The summed E-state index contributed by atoms with van der Waals surface area (Å²) in [5.74, 6) is -0.448. The third-order valence-corrected chi connectivity index (χ3v) is 4.60. The van der Waals surface area contributed by atoms with E-state index in [9.17, 15) is 9.59 Å². The minimum atomic E-state index is -0.597. The number of hydrogen-bond donors (Lipinski definition) is 2. The van der Waals surface area contributed by atoms with E-state index in [1.165, 1.54) is 0 Å². The zero-order valence-electron chi connectivity index (χ0n) is 14.5. The fourth-order valence-corrected chi connectivity index (χ4v) is 2.65. The molecule has 2 amide bonds. The van der Waals surface area contributed by atoms with Crippen molar-refractivity contribution in [2.24, 2.45) is 5.92 Å². The van der Waals surface area contributed by atoms with Crippen LogP contribution in [0.2, 0.25) is 5.02 Å². The van der Waals surface area contributed by atoms with Gasteiger partial charge < -0.3 is 10.6 Å². The Bertz CT molecular complexity index is 719. The fourth-order valence-electron chi connectivity index (χ4n) is 2.45. The van der Waals surface area contributed by atoms with Gasteiger partial charge in [-0.1, -0.05) is 68.3 Å². The lowest BCUT2D eigenvalue weighted by Crippen LogP contribution is -2.50. The summed E-state index contributed by atoms with van der Waals surface area (Å²) in [4.78, 5) is 25.0. The Labute approximate surface area is 153 Å². The molecule has 132 valence electrons. The number of nitrogens with one attached hydrogen (secondary N) is 2. The van der Waals surface area contributed by atoms with Crippen molar-refractivity contribution < 1.29 is 9.59 Å². The van der Waals surface area contributed by atoms with Crippen LogP contribution < -0.4 is 10.6 Å². The largest absolute Gasteiger partial charge is 0.350 e. The van der Waals surface area contributed by atoms with Crippen molar-refractivity contribution in [1.82, 2.24) is 10.6 Å². The third-order valence-electron chi connectivity index (χ3n) is 4.23.